The van der Waals surface area contributed by atoms with Crippen molar-refractivity contribution < 1.29 is 23.9 Å². The van der Waals surface area contributed by atoms with Crippen LogP contribution in [0, 0.1) is 11.3 Å². The number of benzene rings is 2. The zero-order valence-electron chi connectivity index (χ0n) is 17.4. The van der Waals surface area contributed by atoms with Gasteiger partial charge in [0.2, 0.25) is 5.91 Å². The molecule has 2 aromatic carbocycles. The Bertz CT molecular complexity index is 884. The molecule has 0 heterocycles. The summed E-state index contributed by atoms with van der Waals surface area (Å²) in [5.74, 6) is -0.419. The van der Waals surface area contributed by atoms with Crippen LogP contribution in [0.15, 0.2) is 48.5 Å². The number of hydrogen-bond donors (Lipinski definition) is 1. The minimum Gasteiger partial charge on any atom is -0.425 e. The number of amides is 1. The summed E-state index contributed by atoms with van der Waals surface area (Å²) in [6.45, 7) is 9.14. The van der Waals surface area contributed by atoms with Crippen LogP contribution in [0.4, 0.5) is 5.69 Å². The maximum atomic E-state index is 12.6. The first kappa shape index (κ1) is 22.1. The Labute approximate surface area is 171 Å². The summed E-state index contributed by atoms with van der Waals surface area (Å²) in [4.78, 5) is 36.3. The zero-order chi connectivity index (χ0) is 21.6. The second kappa shape index (κ2) is 9.37. The summed E-state index contributed by atoms with van der Waals surface area (Å²) in [6, 6.07) is 12.9. The Kier molecular flexibility index (Phi) is 7.15. The SMILES string of the molecule is CC(=O)Nc1ccc(OC(=O)c2ccccc2OC(=O)C(C)(C)CC(C)C)cc1. The number of esters is 2. The predicted octanol–water partition coefficient (Wildman–Crippen LogP) is 4.84. The van der Waals surface area contributed by atoms with Gasteiger partial charge in [-0.15, -0.1) is 0 Å². The van der Waals surface area contributed by atoms with E-state index in [1.165, 1.54) is 6.92 Å². The third-order valence-corrected chi connectivity index (χ3v) is 4.17. The molecule has 0 atom stereocenters. The average molecular weight is 397 g/mol. The lowest BCUT2D eigenvalue weighted by atomic mass is 9.84. The van der Waals surface area contributed by atoms with Crippen LogP contribution >= 0.6 is 0 Å². The molecule has 0 aromatic heterocycles. The number of anilines is 1. The molecule has 6 heteroatoms. The van der Waals surface area contributed by atoms with Gasteiger partial charge in [0.25, 0.3) is 0 Å². The van der Waals surface area contributed by atoms with Gasteiger partial charge in [0.15, 0.2) is 0 Å². The van der Waals surface area contributed by atoms with E-state index in [1.807, 2.05) is 27.7 Å². The van der Waals surface area contributed by atoms with Gasteiger partial charge in [0, 0.05) is 12.6 Å². The van der Waals surface area contributed by atoms with Crippen LogP contribution in [0.25, 0.3) is 0 Å². The molecule has 0 fully saturated rings. The fourth-order valence-corrected chi connectivity index (χ4v) is 3.04. The van der Waals surface area contributed by atoms with E-state index in [0.29, 0.717) is 23.8 Å². The standard InChI is InChI=1S/C23H27NO5/c1-15(2)14-23(4,5)22(27)29-20-9-7-6-8-19(20)21(26)28-18-12-10-17(11-13-18)24-16(3)25/h6-13,15H,14H2,1-5H3,(H,24,25). The van der Waals surface area contributed by atoms with Crippen molar-refractivity contribution >= 4 is 23.5 Å². The minimum atomic E-state index is -0.676. The fraction of sp³-hybridized carbons (Fsp3) is 0.348. The van der Waals surface area contributed by atoms with E-state index in [0.717, 1.165) is 0 Å². The number of carbonyl (C=O) groups excluding carboxylic acids is 3. The lowest BCUT2D eigenvalue weighted by Gasteiger charge is -2.24. The van der Waals surface area contributed by atoms with Gasteiger partial charge in [-0.2, -0.15) is 0 Å². The van der Waals surface area contributed by atoms with Crippen LogP contribution in [-0.2, 0) is 9.59 Å². The maximum absolute atomic E-state index is 12.6. The molecule has 0 bridgehead atoms. The van der Waals surface area contributed by atoms with Gasteiger partial charge in [0.05, 0.1) is 5.41 Å². The van der Waals surface area contributed by atoms with Crippen LogP contribution in [0.5, 0.6) is 11.5 Å². The molecule has 2 rings (SSSR count). The smallest absolute Gasteiger partial charge is 0.347 e. The molecule has 0 unspecified atom stereocenters. The Hall–Kier alpha value is -3.15. The highest BCUT2D eigenvalue weighted by Gasteiger charge is 2.31. The van der Waals surface area contributed by atoms with E-state index >= 15 is 0 Å². The lowest BCUT2D eigenvalue weighted by molar-refractivity contribution is -0.144. The van der Waals surface area contributed by atoms with Crippen molar-refractivity contribution in [2.75, 3.05) is 5.32 Å². The second-order valence-electron chi connectivity index (χ2n) is 7.96. The van der Waals surface area contributed by atoms with Crippen molar-refractivity contribution in [2.24, 2.45) is 11.3 Å². The summed E-state index contributed by atoms with van der Waals surface area (Å²) in [6.07, 6.45) is 0.666. The summed E-state index contributed by atoms with van der Waals surface area (Å²) < 4.78 is 10.9. The Balaban J connectivity index is 2.14. The van der Waals surface area contributed by atoms with Gasteiger partial charge in [0.1, 0.15) is 17.1 Å². The molecule has 0 aliphatic carbocycles. The first-order valence-corrected chi connectivity index (χ1v) is 9.49. The maximum Gasteiger partial charge on any atom is 0.347 e. The molecule has 0 saturated carbocycles. The largest absolute Gasteiger partial charge is 0.425 e. The van der Waals surface area contributed by atoms with Crippen LogP contribution < -0.4 is 14.8 Å². The molecule has 2 aromatic rings. The fourth-order valence-electron chi connectivity index (χ4n) is 3.04. The van der Waals surface area contributed by atoms with Gasteiger partial charge >= 0.3 is 11.9 Å². The molecular formula is C23H27NO5. The Morgan fingerprint density at radius 2 is 1.59 bits per heavy atom. The third kappa shape index (κ3) is 6.45. The van der Waals surface area contributed by atoms with E-state index in [4.69, 9.17) is 9.47 Å². The molecular weight excluding hydrogens is 370 g/mol. The molecule has 29 heavy (non-hydrogen) atoms. The summed E-state index contributed by atoms with van der Waals surface area (Å²) in [5, 5.41) is 2.64. The van der Waals surface area contributed by atoms with Gasteiger partial charge in [-0.05, 0) is 62.6 Å². The van der Waals surface area contributed by atoms with E-state index < -0.39 is 17.4 Å². The first-order chi connectivity index (χ1) is 13.6. The van der Waals surface area contributed by atoms with Gasteiger partial charge < -0.3 is 14.8 Å². The number of nitrogens with one attached hydrogen (secondary N) is 1. The topological polar surface area (TPSA) is 81.7 Å². The molecule has 0 saturated heterocycles. The molecule has 0 spiro atoms. The summed E-state index contributed by atoms with van der Waals surface area (Å²) in [5.41, 5.74) is 0.0798. The van der Waals surface area contributed by atoms with Crippen molar-refractivity contribution in [3.05, 3.63) is 54.1 Å². The molecule has 0 aliphatic heterocycles. The van der Waals surface area contributed by atoms with E-state index in [9.17, 15) is 14.4 Å². The normalized spacial score (nSPS) is 11.1. The van der Waals surface area contributed by atoms with Crippen LogP contribution in [0.3, 0.4) is 0 Å². The lowest BCUT2D eigenvalue weighted by Crippen LogP contribution is -2.31. The van der Waals surface area contributed by atoms with Crippen molar-refractivity contribution in [1.82, 2.24) is 0 Å². The van der Waals surface area contributed by atoms with Gasteiger partial charge in [-0.25, -0.2) is 4.79 Å². The number of rotatable bonds is 7. The van der Waals surface area contributed by atoms with Crippen molar-refractivity contribution in [1.29, 1.82) is 0 Å². The molecule has 0 radical (unpaired) electrons. The monoisotopic (exact) mass is 397 g/mol. The summed E-state index contributed by atoms with van der Waals surface area (Å²) >= 11 is 0. The highest BCUT2D eigenvalue weighted by molar-refractivity contribution is 5.95. The first-order valence-electron chi connectivity index (χ1n) is 9.49. The quantitative estimate of drug-likeness (QED) is 0.534. The number of hydrogen-bond acceptors (Lipinski definition) is 5. The molecule has 1 N–H and O–H groups in total. The molecule has 6 nitrogen and oxygen atoms in total. The molecule has 0 aliphatic rings. The number of carbonyl (C=O) groups is 3. The minimum absolute atomic E-state index is 0.159. The van der Waals surface area contributed by atoms with Crippen LogP contribution in [0.1, 0.15) is 51.4 Å². The predicted molar refractivity (Wildman–Crippen MR) is 111 cm³/mol. The number of ether oxygens (including phenoxy) is 2. The van der Waals surface area contributed by atoms with Crippen molar-refractivity contribution in [3.63, 3.8) is 0 Å². The second-order valence-corrected chi connectivity index (χ2v) is 7.96. The van der Waals surface area contributed by atoms with Gasteiger partial charge in [-0.1, -0.05) is 26.0 Å². The Morgan fingerprint density at radius 3 is 2.17 bits per heavy atom. The molecule has 154 valence electrons. The van der Waals surface area contributed by atoms with Crippen molar-refractivity contribution in [3.8, 4) is 11.5 Å². The van der Waals surface area contributed by atoms with E-state index in [-0.39, 0.29) is 17.2 Å². The van der Waals surface area contributed by atoms with Gasteiger partial charge in [-0.3, -0.25) is 9.59 Å². The van der Waals surface area contributed by atoms with Crippen LogP contribution in [0.2, 0.25) is 0 Å². The summed E-state index contributed by atoms with van der Waals surface area (Å²) in [7, 11) is 0. The number of para-hydroxylation sites is 1. The van der Waals surface area contributed by atoms with E-state index in [1.54, 1.807) is 48.5 Å². The van der Waals surface area contributed by atoms with E-state index in [2.05, 4.69) is 5.32 Å². The zero-order valence-corrected chi connectivity index (χ0v) is 17.4. The average Bonchev–Trinajstić information content (AvgIpc) is 2.62. The molecule has 1 amide bonds. The highest BCUT2D eigenvalue weighted by Crippen LogP contribution is 2.29. The highest BCUT2D eigenvalue weighted by atomic mass is 16.6. The third-order valence-electron chi connectivity index (χ3n) is 4.17. The Morgan fingerprint density at radius 1 is 0.966 bits per heavy atom. The van der Waals surface area contributed by atoms with Crippen molar-refractivity contribution in [2.45, 2.75) is 41.0 Å². The van der Waals surface area contributed by atoms with Crippen LogP contribution in [-0.4, -0.2) is 17.8 Å².